The maximum atomic E-state index is 14.1. The van der Waals surface area contributed by atoms with E-state index in [1.54, 1.807) is 0 Å². The molecule has 1 amide bonds. The van der Waals surface area contributed by atoms with Crippen LogP contribution >= 0.6 is 0 Å². The van der Waals surface area contributed by atoms with E-state index in [2.05, 4.69) is 15.3 Å². The van der Waals surface area contributed by atoms with E-state index in [9.17, 15) is 18.4 Å². The van der Waals surface area contributed by atoms with E-state index in [1.165, 1.54) is 24.4 Å². The summed E-state index contributed by atoms with van der Waals surface area (Å²) in [6, 6.07) is 4.81. The van der Waals surface area contributed by atoms with E-state index < -0.39 is 23.1 Å². The number of H-pyrrole nitrogens is 1. The first-order chi connectivity index (χ1) is 12.0. The summed E-state index contributed by atoms with van der Waals surface area (Å²) in [6.07, 6.45) is 3.31. The Kier molecular flexibility index (Phi) is 4.92. The Labute approximate surface area is 143 Å². The molecule has 0 bridgehead atoms. The summed E-state index contributed by atoms with van der Waals surface area (Å²) >= 11 is 0. The predicted octanol–water partition coefficient (Wildman–Crippen LogP) is 2.61. The fourth-order valence-corrected chi connectivity index (χ4v) is 3.16. The highest BCUT2D eigenvalue weighted by Gasteiger charge is 2.36. The van der Waals surface area contributed by atoms with Crippen molar-refractivity contribution < 1.29 is 13.6 Å². The minimum Gasteiger partial charge on any atom is -0.349 e. The Bertz CT molecular complexity index is 833. The average molecular weight is 347 g/mol. The van der Waals surface area contributed by atoms with Gasteiger partial charge in [-0.3, -0.25) is 9.59 Å². The van der Waals surface area contributed by atoms with Crippen LogP contribution < -0.4 is 10.9 Å². The number of aromatic nitrogens is 2. The van der Waals surface area contributed by atoms with Crippen molar-refractivity contribution in [1.29, 1.82) is 0 Å². The molecule has 1 aliphatic carbocycles. The molecule has 2 atom stereocenters. The van der Waals surface area contributed by atoms with Gasteiger partial charge in [-0.2, -0.15) is 0 Å². The third-order valence-corrected chi connectivity index (χ3v) is 4.71. The van der Waals surface area contributed by atoms with Gasteiger partial charge < -0.3 is 10.3 Å². The van der Waals surface area contributed by atoms with Crippen LogP contribution in [0.15, 0.2) is 35.3 Å². The summed E-state index contributed by atoms with van der Waals surface area (Å²) in [5, 5.41) is 2.76. The van der Waals surface area contributed by atoms with Crippen LogP contribution in [0.3, 0.4) is 0 Å². The zero-order valence-corrected chi connectivity index (χ0v) is 13.8. The lowest BCUT2D eigenvalue weighted by molar-refractivity contribution is 0.0932. The maximum Gasteiger partial charge on any atom is 0.287 e. The highest BCUT2D eigenvalue weighted by atomic mass is 19.1. The van der Waals surface area contributed by atoms with Gasteiger partial charge in [0.2, 0.25) is 0 Å². The summed E-state index contributed by atoms with van der Waals surface area (Å²) in [4.78, 5) is 29.6. The second-order valence-electron chi connectivity index (χ2n) is 6.45. The minimum absolute atomic E-state index is 0.0272. The van der Waals surface area contributed by atoms with Gasteiger partial charge >= 0.3 is 0 Å². The Balaban J connectivity index is 1.71. The van der Waals surface area contributed by atoms with Crippen LogP contribution in [0.5, 0.6) is 0 Å². The molecule has 1 aromatic heterocycles. The lowest BCUT2D eigenvalue weighted by Gasteiger charge is -2.25. The molecule has 7 heteroatoms. The van der Waals surface area contributed by atoms with Gasteiger partial charge in [0.15, 0.2) is 5.82 Å². The third-order valence-electron chi connectivity index (χ3n) is 4.71. The summed E-state index contributed by atoms with van der Waals surface area (Å²) in [5.41, 5.74) is 0.0411. The lowest BCUT2D eigenvalue weighted by atomic mass is 9.83. The molecule has 0 radical (unpaired) electrons. The highest BCUT2D eigenvalue weighted by Crippen LogP contribution is 2.44. The number of aromatic amines is 1. The van der Waals surface area contributed by atoms with Crippen molar-refractivity contribution in [3.05, 3.63) is 63.8 Å². The molecule has 1 heterocycles. The fraction of sp³-hybridized carbons (Fsp3) is 0.389. The smallest absolute Gasteiger partial charge is 0.287 e. The molecular weight excluding hydrogens is 328 g/mol. The largest absolute Gasteiger partial charge is 0.349 e. The normalized spacial score (nSPS) is 16.3. The molecular formula is C18H19F2N3O2. The molecule has 3 rings (SSSR count). The number of carbonyl (C=O) groups excluding carboxylic acids is 1. The number of benzene rings is 1. The maximum absolute atomic E-state index is 14.1. The summed E-state index contributed by atoms with van der Waals surface area (Å²) in [6.45, 7) is 2.22. The molecule has 5 nitrogen and oxygen atoms in total. The molecule has 0 unspecified atom stereocenters. The number of nitrogens with one attached hydrogen (secondary N) is 2. The van der Waals surface area contributed by atoms with Gasteiger partial charge in [-0.05, 0) is 42.2 Å². The van der Waals surface area contributed by atoms with Gasteiger partial charge in [0.1, 0.15) is 11.6 Å². The number of carbonyl (C=O) groups is 1. The second-order valence-corrected chi connectivity index (χ2v) is 6.45. The Morgan fingerprint density at radius 2 is 2.12 bits per heavy atom. The number of rotatable bonds is 6. The van der Waals surface area contributed by atoms with Crippen molar-refractivity contribution in [2.24, 2.45) is 11.8 Å². The van der Waals surface area contributed by atoms with Crippen LogP contribution in [0.2, 0.25) is 0 Å². The molecule has 0 saturated heterocycles. The van der Waals surface area contributed by atoms with Crippen LogP contribution in [-0.4, -0.2) is 22.4 Å². The number of amides is 1. The van der Waals surface area contributed by atoms with Gasteiger partial charge in [-0.1, -0.05) is 13.0 Å². The summed E-state index contributed by atoms with van der Waals surface area (Å²) in [7, 11) is 0. The standard InChI is InChI=1S/C18H19F2N3O2/c1-10(13-5-4-12(19)8-15(13)20)14(11-2-3-11)9-22-18(25)17-21-7-6-16(24)23-17/h4-8,10-11,14H,2-3,9H2,1H3,(H,22,25)(H,21,23,24)/t10-,14+/m0/s1. The predicted molar refractivity (Wildman–Crippen MR) is 88.2 cm³/mol. The number of hydrogen-bond donors (Lipinski definition) is 2. The number of halogens is 2. The van der Waals surface area contributed by atoms with Crippen molar-refractivity contribution in [2.75, 3.05) is 6.54 Å². The molecule has 0 aliphatic heterocycles. The number of nitrogens with zero attached hydrogens (tertiary/aromatic N) is 1. The van der Waals surface area contributed by atoms with Crippen molar-refractivity contribution >= 4 is 5.91 Å². The topological polar surface area (TPSA) is 74.8 Å². The molecule has 1 saturated carbocycles. The Morgan fingerprint density at radius 1 is 1.36 bits per heavy atom. The molecule has 0 spiro atoms. The van der Waals surface area contributed by atoms with Gasteiger partial charge in [0, 0.05) is 24.9 Å². The Hall–Kier alpha value is -2.57. The van der Waals surface area contributed by atoms with Crippen LogP contribution in [-0.2, 0) is 0 Å². The molecule has 25 heavy (non-hydrogen) atoms. The molecule has 1 aromatic carbocycles. The van der Waals surface area contributed by atoms with E-state index in [1.807, 2.05) is 6.92 Å². The van der Waals surface area contributed by atoms with E-state index in [-0.39, 0.29) is 17.7 Å². The van der Waals surface area contributed by atoms with Crippen molar-refractivity contribution in [3.8, 4) is 0 Å². The molecule has 1 fully saturated rings. The SMILES string of the molecule is C[C@@H](c1ccc(F)cc1F)[C@@H](CNC(=O)c1nccc(=O)[nH]1)C1CC1. The molecule has 2 aromatic rings. The zero-order valence-electron chi connectivity index (χ0n) is 13.8. The van der Waals surface area contributed by atoms with E-state index >= 15 is 0 Å². The first-order valence-corrected chi connectivity index (χ1v) is 8.24. The van der Waals surface area contributed by atoms with Crippen LogP contribution in [0.1, 0.15) is 41.9 Å². The van der Waals surface area contributed by atoms with E-state index in [0.717, 1.165) is 18.9 Å². The zero-order chi connectivity index (χ0) is 18.0. The quantitative estimate of drug-likeness (QED) is 0.843. The average Bonchev–Trinajstić information content (AvgIpc) is 3.39. The van der Waals surface area contributed by atoms with Crippen LogP contribution in [0.4, 0.5) is 8.78 Å². The Morgan fingerprint density at radius 3 is 2.76 bits per heavy atom. The molecule has 1 aliphatic rings. The van der Waals surface area contributed by atoms with Crippen molar-refractivity contribution in [3.63, 3.8) is 0 Å². The van der Waals surface area contributed by atoms with Crippen molar-refractivity contribution in [2.45, 2.75) is 25.7 Å². The van der Waals surface area contributed by atoms with Gasteiger partial charge in [-0.25, -0.2) is 13.8 Å². The first kappa shape index (κ1) is 17.3. The monoisotopic (exact) mass is 347 g/mol. The first-order valence-electron chi connectivity index (χ1n) is 8.24. The van der Waals surface area contributed by atoms with Gasteiger partial charge in [0.25, 0.3) is 11.5 Å². The summed E-state index contributed by atoms with van der Waals surface area (Å²) < 4.78 is 27.2. The van der Waals surface area contributed by atoms with Gasteiger partial charge in [0.05, 0.1) is 0 Å². The van der Waals surface area contributed by atoms with Gasteiger partial charge in [-0.15, -0.1) is 0 Å². The second kappa shape index (κ2) is 7.13. The lowest BCUT2D eigenvalue weighted by Crippen LogP contribution is -2.34. The van der Waals surface area contributed by atoms with E-state index in [0.29, 0.717) is 18.0 Å². The van der Waals surface area contributed by atoms with Crippen LogP contribution in [0.25, 0.3) is 0 Å². The molecule has 2 N–H and O–H groups in total. The highest BCUT2D eigenvalue weighted by molar-refractivity contribution is 5.90. The number of hydrogen-bond acceptors (Lipinski definition) is 3. The molecule has 132 valence electrons. The summed E-state index contributed by atoms with van der Waals surface area (Å²) in [5.74, 6) is -1.46. The third kappa shape index (κ3) is 4.10. The van der Waals surface area contributed by atoms with Crippen molar-refractivity contribution in [1.82, 2.24) is 15.3 Å². The van der Waals surface area contributed by atoms with E-state index in [4.69, 9.17) is 0 Å². The fourth-order valence-electron chi connectivity index (χ4n) is 3.16. The van der Waals surface area contributed by atoms with Crippen LogP contribution in [0, 0.1) is 23.5 Å². The minimum atomic E-state index is -0.608.